The van der Waals surface area contributed by atoms with Crippen LogP contribution in [0.5, 0.6) is 23.0 Å². The zero-order valence-corrected chi connectivity index (χ0v) is 24.1. The number of carbonyl (C=O) groups excluding carboxylic acids is 1. The molecule has 0 saturated heterocycles. The van der Waals surface area contributed by atoms with Crippen LogP contribution in [-0.2, 0) is 6.61 Å². The average Bonchev–Trinajstić information content (AvgIpc) is 2.94. The highest BCUT2D eigenvalue weighted by molar-refractivity contribution is 6.02. The third-order valence-electron chi connectivity index (χ3n) is 7.13. The van der Waals surface area contributed by atoms with Crippen molar-refractivity contribution in [2.24, 2.45) is 0 Å². The summed E-state index contributed by atoms with van der Waals surface area (Å²) in [7, 11) is 2.94. The molecule has 0 amide bonds. The molecule has 2 rings (SSSR count). The summed E-state index contributed by atoms with van der Waals surface area (Å²) < 4.78 is 16.7. The van der Waals surface area contributed by atoms with Gasteiger partial charge in [-0.15, -0.1) is 0 Å². The van der Waals surface area contributed by atoms with Gasteiger partial charge in [-0.1, -0.05) is 127 Å². The van der Waals surface area contributed by atoms with Gasteiger partial charge in [-0.25, -0.2) is 0 Å². The fourth-order valence-corrected chi connectivity index (χ4v) is 4.85. The van der Waals surface area contributed by atoms with Gasteiger partial charge in [-0.3, -0.25) is 4.79 Å². The molecule has 0 heterocycles. The number of rotatable bonds is 22. The zero-order chi connectivity index (χ0) is 27.4. The van der Waals surface area contributed by atoms with E-state index in [0.29, 0.717) is 17.9 Å². The number of carbonyl (C=O) groups is 1. The Balaban J connectivity index is 1.73. The number of aromatic hydroxyl groups is 1. The number of unbranched alkanes of at least 4 members (excludes halogenated alkanes) is 14. The second-order valence-corrected chi connectivity index (χ2v) is 10.2. The molecule has 0 unspecified atom stereocenters. The largest absolute Gasteiger partial charge is 0.504 e. The van der Waals surface area contributed by atoms with Gasteiger partial charge in [0.1, 0.15) is 17.9 Å². The van der Waals surface area contributed by atoms with Crippen molar-refractivity contribution >= 4 is 5.78 Å². The first-order chi connectivity index (χ1) is 18.6. The summed E-state index contributed by atoms with van der Waals surface area (Å²) in [5, 5.41) is 10.9. The monoisotopic (exact) mass is 526 g/mol. The van der Waals surface area contributed by atoms with Crippen LogP contribution in [0.2, 0.25) is 0 Å². The highest BCUT2D eigenvalue weighted by Crippen LogP contribution is 2.45. The van der Waals surface area contributed by atoms with Crippen LogP contribution in [0.25, 0.3) is 0 Å². The molecule has 2 aromatic rings. The van der Waals surface area contributed by atoms with Crippen LogP contribution in [0.15, 0.2) is 36.4 Å². The molecule has 38 heavy (non-hydrogen) atoms. The molecule has 0 aliphatic rings. The lowest BCUT2D eigenvalue weighted by molar-refractivity contribution is 0.0971. The van der Waals surface area contributed by atoms with E-state index in [9.17, 15) is 9.90 Å². The van der Waals surface area contributed by atoms with Gasteiger partial charge in [0, 0.05) is 12.5 Å². The Hall–Kier alpha value is -2.69. The van der Waals surface area contributed by atoms with E-state index >= 15 is 0 Å². The number of benzene rings is 2. The van der Waals surface area contributed by atoms with E-state index in [2.05, 4.69) is 6.92 Å². The van der Waals surface area contributed by atoms with Crippen LogP contribution in [0.3, 0.4) is 0 Å². The average molecular weight is 527 g/mol. The van der Waals surface area contributed by atoms with Gasteiger partial charge in [0.2, 0.25) is 5.75 Å². The molecule has 0 atom stereocenters. The number of phenols is 1. The topological polar surface area (TPSA) is 65.0 Å². The van der Waals surface area contributed by atoms with E-state index in [1.165, 1.54) is 91.3 Å². The maximum absolute atomic E-state index is 13.2. The normalized spacial score (nSPS) is 10.9. The molecule has 5 heteroatoms. The first-order valence-electron chi connectivity index (χ1n) is 14.8. The van der Waals surface area contributed by atoms with E-state index in [4.69, 9.17) is 14.2 Å². The summed E-state index contributed by atoms with van der Waals surface area (Å²) in [6.45, 7) is 2.56. The van der Waals surface area contributed by atoms with Crippen LogP contribution in [0, 0.1) is 0 Å². The van der Waals surface area contributed by atoms with Gasteiger partial charge in [-0.2, -0.15) is 0 Å². The fourth-order valence-electron chi connectivity index (χ4n) is 4.85. The minimum absolute atomic E-state index is 0.138. The molecule has 0 bridgehead atoms. The highest BCUT2D eigenvalue weighted by atomic mass is 16.5. The Labute approximate surface area is 230 Å². The minimum Gasteiger partial charge on any atom is -0.504 e. The smallest absolute Gasteiger partial charge is 0.204 e. The molecule has 0 saturated carbocycles. The molecule has 212 valence electrons. The third-order valence-corrected chi connectivity index (χ3v) is 7.13. The van der Waals surface area contributed by atoms with Gasteiger partial charge in [0.15, 0.2) is 17.3 Å². The first-order valence-corrected chi connectivity index (χ1v) is 14.8. The van der Waals surface area contributed by atoms with Gasteiger partial charge in [0.25, 0.3) is 0 Å². The Bertz CT molecular complexity index is 909. The predicted octanol–water partition coefficient (Wildman–Crippen LogP) is 9.43. The van der Waals surface area contributed by atoms with Crippen LogP contribution >= 0.6 is 0 Å². The summed E-state index contributed by atoms with van der Waals surface area (Å²) in [6, 6.07) is 11.4. The van der Waals surface area contributed by atoms with Crippen LogP contribution in [0.4, 0.5) is 0 Å². The first kappa shape index (κ1) is 31.5. The molecule has 0 fully saturated rings. The number of methoxy groups -OCH3 is 2. The molecule has 0 aliphatic carbocycles. The minimum atomic E-state index is -0.221. The van der Waals surface area contributed by atoms with E-state index < -0.39 is 0 Å². The van der Waals surface area contributed by atoms with Crippen LogP contribution in [0.1, 0.15) is 126 Å². The molecule has 0 radical (unpaired) electrons. The van der Waals surface area contributed by atoms with Crippen molar-refractivity contribution in [3.63, 3.8) is 0 Å². The summed E-state index contributed by atoms with van der Waals surface area (Å²) in [5.74, 6) is 0.438. The van der Waals surface area contributed by atoms with Crippen molar-refractivity contribution in [2.75, 3.05) is 14.2 Å². The van der Waals surface area contributed by atoms with Crippen LogP contribution < -0.4 is 14.2 Å². The SMILES string of the molecule is CCCCCCCCCCCCCCCCCC(=O)c1c(OCc2ccccc2)cc(OC)c(OC)c1O. The lowest BCUT2D eigenvalue weighted by Crippen LogP contribution is -2.07. The Morgan fingerprint density at radius 2 is 1.24 bits per heavy atom. The van der Waals surface area contributed by atoms with E-state index in [0.717, 1.165) is 24.8 Å². The summed E-state index contributed by atoms with van der Waals surface area (Å²) >= 11 is 0. The van der Waals surface area contributed by atoms with Gasteiger partial charge < -0.3 is 19.3 Å². The Morgan fingerprint density at radius 1 is 0.711 bits per heavy atom. The molecular formula is C33H50O5. The van der Waals surface area contributed by atoms with E-state index in [-0.39, 0.29) is 29.5 Å². The van der Waals surface area contributed by atoms with Crippen molar-refractivity contribution in [3.8, 4) is 23.0 Å². The summed E-state index contributed by atoms with van der Waals surface area (Å²) in [5.41, 5.74) is 1.14. The zero-order valence-electron chi connectivity index (χ0n) is 24.1. The predicted molar refractivity (Wildman–Crippen MR) is 156 cm³/mol. The summed E-state index contributed by atoms with van der Waals surface area (Å²) in [6.07, 6.45) is 19.5. The lowest BCUT2D eigenvalue weighted by Gasteiger charge is -2.17. The molecular weight excluding hydrogens is 476 g/mol. The molecule has 1 N–H and O–H groups in total. The number of Topliss-reactive ketones (excluding diaryl/α,β-unsaturated/α-hetero) is 1. The van der Waals surface area contributed by atoms with Crippen molar-refractivity contribution in [1.29, 1.82) is 0 Å². The van der Waals surface area contributed by atoms with Crippen molar-refractivity contribution in [1.82, 2.24) is 0 Å². The molecule has 5 nitrogen and oxygen atoms in total. The molecule has 0 aliphatic heterocycles. The van der Waals surface area contributed by atoms with E-state index in [1.807, 2.05) is 30.3 Å². The van der Waals surface area contributed by atoms with Gasteiger partial charge in [0.05, 0.1) is 14.2 Å². The second-order valence-electron chi connectivity index (χ2n) is 10.2. The lowest BCUT2D eigenvalue weighted by atomic mass is 10.00. The number of hydrogen-bond acceptors (Lipinski definition) is 5. The Kier molecular flexibility index (Phi) is 16.1. The third kappa shape index (κ3) is 11.4. The maximum atomic E-state index is 13.2. The fraction of sp³-hybridized carbons (Fsp3) is 0.606. The standard InChI is InChI=1S/C33H50O5/c1-4-5-6-7-8-9-10-11-12-13-14-15-16-17-21-24-28(34)31-29(38-26-27-22-19-18-20-23-27)25-30(36-2)33(37-3)32(31)35/h18-20,22-23,25,35H,4-17,21,24,26H2,1-3H3. The van der Waals surface area contributed by atoms with E-state index in [1.54, 1.807) is 6.07 Å². The van der Waals surface area contributed by atoms with Crippen molar-refractivity contribution < 1.29 is 24.1 Å². The molecule has 0 aromatic heterocycles. The maximum Gasteiger partial charge on any atom is 0.204 e. The molecule has 0 spiro atoms. The number of phenolic OH excluding ortho intramolecular Hbond substituents is 1. The molecule has 2 aromatic carbocycles. The van der Waals surface area contributed by atoms with Gasteiger partial charge in [-0.05, 0) is 12.0 Å². The highest BCUT2D eigenvalue weighted by Gasteiger charge is 2.25. The van der Waals surface area contributed by atoms with Crippen LogP contribution in [-0.4, -0.2) is 25.1 Å². The number of ether oxygens (including phenoxy) is 3. The quantitative estimate of drug-likeness (QED) is 0.122. The second kappa shape index (κ2) is 19.4. The van der Waals surface area contributed by atoms with Gasteiger partial charge >= 0.3 is 0 Å². The van der Waals surface area contributed by atoms with Crippen molar-refractivity contribution in [2.45, 2.75) is 116 Å². The van der Waals surface area contributed by atoms with Crippen molar-refractivity contribution in [3.05, 3.63) is 47.5 Å². The Morgan fingerprint density at radius 3 is 1.74 bits per heavy atom. The number of ketones is 1. The summed E-state index contributed by atoms with van der Waals surface area (Å²) in [4.78, 5) is 13.2. The number of hydrogen-bond donors (Lipinski definition) is 1.